The van der Waals surface area contributed by atoms with Gasteiger partial charge >= 0.3 is 0 Å². The molecule has 0 radical (unpaired) electrons. The molecular formula is C19H28N2O4S. The van der Waals surface area contributed by atoms with Crippen LogP contribution in [0.2, 0.25) is 0 Å². The van der Waals surface area contributed by atoms with Crippen LogP contribution >= 0.6 is 0 Å². The molecule has 2 aliphatic heterocycles. The van der Waals surface area contributed by atoms with Crippen molar-refractivity contribution in [2.45, 2.75) is 49.8 Å². The largest absolute Gasteiger partial charge is 0.496 e. The van der Waals surface area contributed by atoms with Crippen LogP contribution in [0.3, 0.4) is 0 Å². The van der Waals surface area contributed by atoms with Crippen molar-refractivity contribution in [1.29, 1.82) is 0 Å². The Kier molecular flexibility index (Phi) is 6.19. The Morgan fingerprint density at radius 3 is 2.35 bits per heavy atom. The zero-order chi connectivity index (χ0) is 18.6. The van der Waals surface area contributed by atoms with Gasteiger partial charge in [-0.15, -0.1) is 0 Å². The average molecular weight is 381 g/mol. The van der Waals surface area contributed by atoms with Gasteiger partial charge in [0.1, 0.15) is 5.75 Å². The highest BCUT2D eigenvalue weighted by atomic mass is 32.2. The van der Waals surface area contributed by atoms with Crippen molar-refractivity contribution >= 4 is 15.9 Å². The summed E-state index contributed by atoms with van der Waals surface area (Å²) >= 11 is 0. The first-order valence-corrected chi connectivity index (χ1v) is 10.9. The summed E-state index contributed by atoms with van der Waals surface area (Å²) in [7, 11) is -1.91. The summed E-state index contributed by atoms with van der Waals surface area (Å²) in [5, 5.41) is 0. The Morgan fingerprint density at radius 2 is 1.69 bits per heavy atom. The maximum atomic E-state index is 12.9. The fourth-order valence-corrected chi connectivity index (χ4v) is 5.30. The van der Waals surface area contributed by atoms with E-state index in [9.17, 15) is 13.2 Å². The first kappa shape index (κ1) is 19.2. The lowest BCUT2D eigenvalue weighted by atomic mass is 10.1. The maximum Gasteiger partial charge on any atom is 0.243 e. The zero-order valence-corrected chi connectivity index (χ0v) is 16.3. The summed E-state index contributed by atoms with van der Waals surface area (Å²) in [6.07, 6.45) is 5.90. The van der Waals surface area contributed by atoms with E-state index < -0.39 is 10.0 Å². The molecule has 26 heavy (non-hydrogen) atoms. The van der Waals surface area contributed by atoms with Crippen molar-refractivity contribution in [2.75, 3.05) is 33.3 Å². The number of benzene rings is 1. The van der Waals surface area contributed by atoms with E-state index in [4.69, 9.17) is 4.74 Å². The molecule has 0 N–H and O–H groups in total. The van der Waals surface area contributed by atoms with E-state index in [1.54, 1.807) is 29.6 Å². The van der Waals surface area contributed by atoms with Crippen molar-refractivity contribution in [1.82, 2.24) is 9.21 Å². The molecule has 0 saturated carbocycles. The molecule has 0 spiro atoms. The fraction of sp³-hybridized carbons (Fsp3) is 0.632. The Labute approximate surface area is 156 Å². The van der Waals surface area contributed by atoms with Crippen molar-refractivity contribution < 1.29 is 17.9 Å². The van der Waals surface area contributed by atoms with E-state index >= 15 is 0 Å². The quantitative estimate of drug-likeness (QED) is 0.760. The average Bonchev–Trinajstić information content (AvgIpc) is 3.21. The number of carbonyl (C=O) groups excluding carboxylic acids is 1. The molecule has 1 aromatic carbocycles. The fourth-order valence-electron chi connectivity index (χ4n) is 3.73. The van der Waals surface area contributed by atoms with Gasteiger partial charge in [0, 0.05) is 32.6 Å². The van der Waals surface area contributed by atoms with Gasteiger partial charge in [0.2, 0.25) is 15.9 Å². The van der Waals surface area contributed by atoms with Crippen LogP contribution in [0.1, 0.15) is 44.1 Å². The minimum absolute atomic E-state index is 0.133. The van der Waals surface area contributed by atoms with Crippen LogP contribution in [0.5, 0.6) is 5.75 Å². The second-order valence-electron chi connectivity index (χ2n) is 7.03. The lowest BCUT2D eigenvalue weighted by molar-refractivity contribution is -0.130. The highest BCUT2D eigenvalue weighted by Crippen LogP contribution is 2.27. The molecule has 0 aliphatic carbocycles. The summed E-state index contributed by atoms with van der Waals surface area (Å²) in [4.78, 5) is 14.5. The second kappa shape index (κ2) is 8.39. The molecule has 1 aromatic rings. The van der Waals surface area contributed by atoms with Crippen LogP contribution in [0, 0.1) is 0 Å². The number of hydrogen-bond acceptors (Lipinski definition) is 4. The molecule has 2 fully saturated rings. The molecule has 6 nitrogen and oxygen atoms in total. The molecule has 3 rings (SSSR count). The number of piperidine rings is 1. The van der Waals surface area contributed by atoms with Crippen LogP contribution in [-0.2, 0) is 21.2 Å². The van der Waals surface area contributed by atoms with Crippen molar-refractivity contribution in [2.24, 2.45) is 0 Å². The molecule has 0 unspecified atom stereocenters. The predicted octanol–water partition coefficient (Wildman–Crippen LogP) is 2.42. The highest BCUT2D eigenvalue weighted by molar-refractivity contribution is 7.89. The zero-order valence-electron chi connectivity index (χ0n) is 15.4. The molecule has 0 bridgehead atoms. The Morgan fingerprint density at radius 1 is 1.04 bits per heavy atom. The molecule has 7 heteroatoms. The summed E-state index contributed by atoms with van der Waals surface area (Å²) in [5.41, 5.74) is 0.776. The number of aryl methyl sites for hydroxylation is 1. The van der Waals surface area contributed by atoms with Crippen LogP contribution in [0.15, 0.2) is 23.1 Å². The molecule has 144 valence electrons. The maximum absolute atomic E-state index is 12.9. The van der Waals surface area contributed by atoms with Gasteiger partial charge in [-0.25, -0.2) is 8.42 Å². The highest BCUT2D eigenvalue weighted by Gasteiger charge is 2.27. The lowest BCUT2D eigenvalue weighted by Crippen LogP contribution is -2.35. The van der Waals surface area contributed by atoms with Gasteiger partial charge in [-0.1, -0.05) is 6.42 Å². The molecule has 0 atom stereocenters. The first-order chi connectivity index (χ1) is 12.5. The topological polar surface area (TPSA) is 66.9 Å². The Hall–Kier alpha value is -1.60. The number of likely N-dealkylation sites (tertiary alicyclic amines) is 1. The van der Waals surface area contributed by atoms with E-state index in [1.807, 2.05) is 4.90 Å². The van der Waals surface area contributed by atoms with E-state index in [-0.39, 0.29) is 5.91 Å². The number of ether oxygens (including phenoxy) is 1. The smallest absolute Gasteiger partial charge is 0.243 e. The lowest BCUT2D eigenvalue weighted by Gasteiger charge is -2.26. The third-order valence-electron chi connectivity index (χ3n) is 5.27. The van der Waals surface area contributed by atoms with Gasteiger partial charge in [-0.2, -0.15) is 4.31 Å². The van der Waals surface area contributed by atoms with Crippen LogP contribution < -0.4 is 4.74 Å². The Balaban J connectivity index is 1.76. The summed E-state index contributed by atoms with van der Waals surface area (Å²) < 4.78 is 32.7. The third kappa shape index (κ3) is 4.20. The number of carbonyl (C=O) groups is 1. The molecule has 0 aromatic heterocycles. The normalized spacial score (nSPS) is 18.9. The third-order valence-corrected chi connectivity index (χ3v) is 7.17. The number of methoxy groups -OCH3 is 1. The molecule has 2 heterocycles. The van der Waals surface area contributed by atoms with Gasteiger partial charge in [0.05, 0.1) is 12.0 Å². The number of amides is 1. The van der Waals surface area contributed by atoms with E-state index in [0.717, 1.165) is 50.8 Å². The number of hydrogen-bond donors (Lipinski definition) is 0. The van der Waals surface area contributed by atoms with Gasteiger partial charge < -0.3 is 9.64 Å². The number of sulfonamides is 1. The predicted molar refractivity (Wildman–Crippen MR) is 99.7 cm³/mol. The van der Waals surface area contributed by atoms with E-state index in [1.165, 1.54) is 0 Å². The van der Waals surface area contributed by atoms with Crippen LogP contribution in [-0.4, -0.2) is 56.8 Å². The second-order valence-corrected chi connectivity index (χ2v) is 8.96. The Bertz CT molecular complexity index is 736. The summed E-state index contributed by atoms with van der Waals surface area (Å²) in [6.45, 7) is 2.83. The molecule has 2 saturated heterocycles. The van der Waals surface area contributed by atoms with Gasteiger partial charge in [-0.3, -0.25) is 4.79 Å². The van der Waals surface area contributed by atoms with Gasteiger partial charge in [0.25, 0.3) is 0 Å². The first-order valence-electron chi connectivity index (χ1n) is 9.47. The minimum Gasteiger partial charge on any atom is -0.496 e. The monoisotopic (exact) mass is 380 g/mol. The van der Waals surface area contributed by atoms with Crippen molar-refractivity contribution in [3.8, 4) is 5.75 Å². The molecule has 1 amide bonds. The van der Waals surface area contributed by atoms with E-state index in [0.29, 0.717) is 36.6 Å². The SMILES string of the molecule is COc1ccc(S(=O)(=O)N2CCCCC2)cc1CCC(=O)N1CCCC1. The van der Waals surface area contributed by atoms with Crippen molar-refractivity contribution in [3.63, 3.8) is 0 Å². The van der Waals surface area contributed by atoms with Gasteiger partial charge in [-0.05, 0) is 55.9 Å². The molecular weight excluding hydrogens is 352 g/mol. The van der Waals surface area contributed by atoms with Gasteiger partial charge in [0.15, 0.2) is 0 Å². The van der Waals surface area contributed by atoms with Crippen LogP contribution in [0.25, 0.3) is 0 Å². The molecule has 2 aliphatic rings. The number of nitrogens with zero attached hydrogens (tertiary/aromatic N) is 2. The van der Waals surface area contributed by atoms with Crippen LogP contribution in [0.4, 0.5) is 0 Å². The summed E-state index contributed by atoms with van der Waals surface area (Å²) in [6, 6.07) is 4.99. The standard InChI is InChI=1S/C19H28N2O4S/c1-25-18-9-8-17(26(23,24)21-13-3-2-4-14-21)15-16(18)7-10-19(22)20-11-5-6-12-20/h8-9,15H,2-7,10-14H2,1H3. The minimum atomic E-state index is -3.48. The van der Waals surface area contributed by atoms with Crippen molar-refractivity contribution in [3.05, 3.63) is 23.8 Å². The van der Waals surface area contributed by atoms with E-state index in [2.05, 4.69) is 0 Å². The number of rotatable bonds is 6. The summed E-state index contributed by atoms with van der Waals surface area (Å²) in [5.74, 6) is 0.769.